The zero-order chi connectivity index (χ0) is 28.5. The molecule has 0 spiro atoms. The summed E-state index contributed by atoms with van der Waals surface area (Å²) in [5.74, 6) is 0.510. The van der Waals surface area contributed by atoms with Crippen molar-refractivity contribution in [1.82, 2.24) is 19.6 Å². The second kappa shape index (κ2) is 11.2. The predicted molar refractivity (Wildman–Crippen MR) is 163 cm³/mol. The standard InChI is InChI=1S/C31H38N6O2S/c1-22-10-11-23(21-29(22)40(38,39)35-31(2,3)4)20-28-26-8-6-7-9-27(26)33-30(34-28)32-24-12-14-25(15-13-24)37-18-16-36(5)17-19-37/h6-15,21,35H,16-20H2,1-5H3,(H,32,33,34). The summed E-state index contributed by atoms with van der Waals surface area (Å²) in [7, 11) is -1.51. The maximum absolute atomic E-state index is 13.1. The summed E-state index contributed by atoms with van der Waals surface area (Å²) >= 11 is 0. The zero-order valence-corrected chi connectivity index (χ0v) is 24.7. The number of aryl methyl sites for hydroxylation is 1. The van der Waals surface area contributed by atoms with Crippen molar-refractivity contribution >= 4 is 38.2 Å². The largest absolute Gasteiger partial charge is 0.369 e. The molecule has 3 aromatic carbocycles. The fourth-order valence-corrected chi connectivity index (χ4v) is 6.69. The van der Waals surface area contributed by atoms with Gasteiger partial charge in [0.2, 0.25) is 16.0 Å². The summed E-state index contributed by atoms with van der Waals surface area (Å²) in [6.07, 6.45) is 0.471. The summed E-state index contributed by atoms with van der Waals surface area (Å²) in [5.41, 5.74) is 4.78. The van der Waals surface area contributed by atoms with Gasteiger partial charge in [0.25, 0.3) is 0 Å². The summed E-state index contributed by atoms with van der Waals surface area (Å²) in [5, 5.41) is 4.32. The number of hydrogen-bond donors (Lipinski definition) is 2. The van der Waals surface area contributed by atoms with Crippen molar-refractivity contribution in [3.05, 3.63) is 83.6 Å². The topological polar surface area (TPSA) is 90.5 Å². The number of nitrogens with one attached hydrogen (secondary N) is 2. The van der Waals surface area contributed by atoms with Crippen LogP contribution in [-0.4, -0.2) is 62.1 Å². The van der Waals surface area contributed by atoms with Crippen LogP contribution >= 0.6 is 0 Å². The van der Waals surface area contributed by atoms with E-state index in [-0.39, 0.29) is 4.90 Å². The van der Waals surface area contributed by atoms with Gasteiger partial charge < -0.3 is 15.1 Å². The molecule has 210 valence electrons. The van der Waals surface area contributed by atoms with Crippen molar-refractivity contribution < 1.29 is 8.42 Å². The first kappa shape index (κ1) is 28.0. The molecule has 0 unspecified atom stereocenters. The van der Waals surface area contributed by atoms with Gasteiger partial charge in [-0.25, -0.2) is 23.1 Å². The van der Waals surface area contributed by atoms with E-state index in [1.54, 1.807) is 6.07 Å². The second-order valence-electron chi connectivity index (χ2n) is 11.6. The van der Waals surface area contributed by atoms with Gasteiger partial charge in [-0.2, -0.15) is 0 Å². The lowest BCUT2D eigenvalue weighted by molar-refractivity contribution is 0.313. The Kier molecular flexibility index (Phi) is 7.81. The Balaban J connectivity index is 1.41. The van der Waals surface area contributed by atoms with E-state index in [2.05, 4.69) is 51.2 Å². The average Bonchev–Trinajstić information content (AvgIpc) is 2.89. The Bertz CT molecular complexity index is 1610. The highest BCUT2D eigenvalue weighted by Gasteiger charge is 2.24. The predicted octanol–water partition coefficient (Wildman–Crippen LogP) is 5.10. The van der Waals surface area contributed by atoms with E-state index in [0.29, 0.717) is 17.9 Å². The number of sulfonamides is 1. The van der Waals surface area contributed by atoms with Crippen LogP contribution in [0.15, 0.2) is 71.6 Å². The number of aromatic nitrogens is 2. The van der Waals surface area contributed by atoms with Crippen molar-refractivity contribution in [3.8, 4) is 0 Å². The molecule has 0 saturated carbocycles. The molecule has 1 aliphatic heterocycles. The molecule has 8 nitrogen and oxygen atoms in total. The molecular formula is C31H38N6O2S. The van der Waals surface area contributed by atoms with Gasteiger partial charge in [-0.3, -0.25) is 0 Å². The molecule has 2 N–H and O–H groups in total. The van der Waals surface area contributed by atoms with Crippen LogP contribution in [-0.2, 0) is 16.4 Å². The lowest BCUT2D eigenvalue weighted by Gasteiger charge is -2.34. The maximum Gasteiger partial charge on any atom is 0.241 e. The first-order valence-electron chi connectivity index (χ1n) is 13.7. The second-order valence-corrected chi connectivity index (χ2v) is 13.3. The van der Waals surface area contributed by atoms with E-state index in [9.17, 15) is 8.42 Å². The maximum atomic E-state index is 13.1. The fraction of sp³-hybridized carbons (Fsp3) is 0.355. The third kappa shape index (κ3) is 6.60. The van der Waals surface area contributed by atoms with Gasteiger partial charge in [-0.15, -0.1) is 0 Å². The number of piperazine rings is 1. The zero-order valence-electron chi connectivity index (χ0n) is 23.9. The van der Waals surface area contributed by atoms with Crippen LogP contribution < -0.4 is 14.9 Å². The summed E-state index contributed by atoms with van der Waals surface area (Å²) in [4.78, 5) is 14.7. The normalized spacial score (nSPS) is 15.0. The molecule has 1 aliphatic rings. The van der Waals surface area contributed by atoms with Crippen LogP contribution in [0, 0.1) is 6.92 Å². The number of nitrogens with zero attached hydrogens (tertiary/aromatic N) is 4. The molecule has 40 heavy (non-hydrogen) atoms. The Morgan fingerprint density at radius 2 is 1.60 bits per heavy atom. The van der Waals surface area contributed by atoms with Crippen molar-refractivity contribution in [2.45, 2.75) is 44.6 Å². The summed E-state index contributed by atoms with van der Waals surface area (Å²) in [6, 6.07) is 21.9. The van der Waals surface area contributed by atoms with Crippen molar-refractivity contribution in [3.63, 3.8) is 0 Å². The highest BCUT2D eigenvalue weighted by Crippen LogP contribution is 2.26. The molecule has 0 bridgehead atoms. The van der Waals surface area contributed by atoms with Crippen LogP contribution in [0.5, 0.6) is 0 Å². The van der Waals surface area contributed by atoms with Crippen LogP contribution in [0.3, 0.4) is 0 Å². The molecule has 0 atom stereocenters. The molecule has 1 saturated heterocycles. The van der Waals surface area contributed by atoms with E-state index < -0.39 is 15.6 Å². The van der Waals surface area contributed by atoms with E-state index in [1.165, 1.54) is 5.69 Å². The van der Waals surface area contributed by atoms with Gasteiger partial charge >= 0.3 is 0 Å². The quantitative estimate of drug-likeness (QED) is 0.326. The number of para-hydroxylation sites is 1. The first-order valence-corrected chi connectivity index (χ1v) is 15.1. The van der Waals surface area contributed by atoms with Gasteiger partial charge in [0.15, 0.2) is 0 Å². The van der Waals surface area contributed by atoms with Crippen molar-refractivity contribution in [1.29, 1.82) is 0 Å². The third-order valence-electron chi connectivity index (χ3n) is 7.03. The van der Waals surface area contributed by atoms with Crippen molar-refractivity contribution in [2.75, 3.05) is 43.4 Å². The van der Waals surface area contributed by atoms with E-state index in [1.807, 2.05) is 64.1 Å². The molecule has 0 amide bonds. The lowest BCUT2D eigenvalue weighted by atomic mass is 10.0. The Labute approximate surface area is 237 Å². The Morgan fingerprint density at radius 1 is 0.900 bits per heavy atom. The molecule has 0 radical (unpaired) electrons. The number of anilines is 3. The van der Waals surface area contributed by atoms with Crippen LogP contribution in [0.25, 0.3) is 10.9 Å². The number of likely N-dealkylation sites (N-methyl/N-ethyl adjacent to an activating group) is 1. The molecule has 5 rings (SSSR count). The molecule has 1 aromatic heterocycles. The van der Waals surface area contributed by atoms with Crippen molar-refractivity contribution in [2.24, 2.45) is 0 Å². The van der Waals surface area contributed by atoms with E-state index in [0.717, 1.165) is 54.0 Å². The lowest BCUT2D eigenvalue weighted by Crippen LogP contribution is -2.44. The minimum Gasteiger partial charge on any atom is -0.369 e. The number of fused-ring (bicyclic) bond motifs is 1. The van der Waals surface area contributed by atoms with Gasteiger partial charge in [0.1, 0.15) is 0 Å². The minimum atomic E-state index is -3.67. The van der Waals surface area contributed by atoms with Crippen LogP contribution in [0.2, 0.25) is 0 Å². The monoisotopic (exact) mass is 558 g/mol. The molecule has 1 fully saturated rings. The summed E-state index contributed by atoms with van der Waals surface area (Å²) in [6.45, 7) is 11.5. The summed E-state index contributed by atoms with van der Waals surface area (Å²) < 4.78 is 29.0. The first-order chi connectivity index (χ1) is 19.0. The van der Waals surface area contributed by atoms with Gasteiger partial charge in [-0.05, 0) is 82.3 Å². The smallest absolute Gasteiger partial charge is 0.241 e. The average molecular weight is 559 g/mol. The SMILES string of the molecule is Cc1ccc(Cc2nc(Nc3ccc(N4CCN(C)CC4)cc3)nc3ccccc23)cc1S(=O)(=O)NC(C)(C)C. The number of hydrogen-bond acceptors (Lipinski definition) is 7. The molecule has 4 aromatic rings. The number of benzene rings is 3. The molecule has 9 heteroatoms. The van der Waals surface area contributed by atoms with E-state index >= 15 is 0 Å². The van der Waals surface area contributed by atoms with Gasteiger partial charge in [-0.1, -0.05) is 30.3 Å². The highest BCUT2D eigenvalue weighted by atomic mass is 32.2. The Morgan fingerprint density at radius 3 is 2.30 bits per heavy atom. The molecule has 0 aliphatic carbocycles. The minimum absolute atomic E-state index is 0.289. The fourth-order valence-electron chi connectivity index (χ4n) is 4.98. The van der Waals surface area contributed by atoms with Gasteiger partial charge in [0, 0.05) is 54.9 Å². The van der Waals surface area contributed by atoms with Gasteiger partial charge in [0.05, 0.1) is 16.1 Å². The highest BCUT2D eigenvalue weighted by molar-refractivity contribution is 7.89. The van der Waals surface area contributed by atoms with E-state index in [4.69, 9.17) is 9.97 Å². The molecular weight excluding hydrogens is 520 g/mol. The third-order valence-corrected chi connectivity index (χ3v) is 8.93. The Hall–Kier alpha value is -3.53. The van der Waals surface area contributed by atoms with Crippen LogP contribution in [0.4, 0.5) is 17.3 Å². The molecule has 2 heterocycles. The van der Waals surface area contributed by atoms with Crippen LogP contribution in [0.1, 0.15) is 37.6 Å². The number of rotatable bonds is 7.